The molecule has 25 heavy (non-hydrogen) atoms. The Morgan fingerprint density at radius 3 is 2.96 bits per heavy atom. The van der Waals surface area contributed by atoms with Crippen molar-refractivity contribution in [2.45, 2.75) is 12.5 Å². The second-order valence-corrected chi connectivity index (χ2v) is 6.41. The van der Waals surface area contributed by atoms with Crippen LogP contribution in [0.25, 0.3) is 10.9 Å². The lowest BCUT2D eigenvalue weighted by Gasteiger charge is -2.17. The fourth-order valence-electron chi connectivity index (χ4n) is 2.94. The fourth-order valence-corrected chi connectivity index (χ4v) is 3.12. The highest BCUT2D eigenvalue weighted by molar-refractivity contribution is 6.31. The zero-order valence-corrected chi connectivity index (χ0v) is 14.0. The number of halogens is 2. The molecule has 4 rings (SSSR count). The van der Waals surface area contributed by atoms with Gasteiger partial charge in [0.2, 0.25) is 0 Å². The Morgan fingerprint density at radius 2 is 2.16 bits per heavy atom. The largest absolute Gasteiger partial charge is 0.355 e. The van der Waals surface area contributed by atoms with Crippen LogP contribution in [-0.2, 0) is 0 Å². The zero-order chi connectivity index (χ0) is 17.4. The lowest BCUT2D eigenvalue weighted by Crippen LogP contribution is -2.26. The second kappa shape index (κ2) is 6.42. The number of nitrogens with one attached hydrogen (secondary N) is 1. The van der Waals surface area contributed by atoms with Gasteiger partial charge in [-0.3, -0.25) is 0 Å². The fraction of sp³-hybridized carbons (Fsp3) is 0.235. The maximum Gasteiger partial charge on any atom is 0.165 e. The smallest absolute Gasteiger partial charge is 0.165 e. The normalized spacial score (nSPS) is 17.2. The molecule has 1 atom stereocenters. The highest BCUT2D eigenvalue weighted by Crippen LogP contribution is 2.29. The minimum Gasteiger partial charge on any atom is -0.355 e. The average Bonchev–Trinajstić information content (AvgIpc) is 3.05. The van der Waals surface area contributed by atoms with Gasteiger partial charge in [-0.25, -0.2) is 19.3 Å². The van der Waals surface area contributed by atoms with E-state index in [2.05, 4.69) is 25.2 Å². The van der Waals surface area contributed by atoms with Gasteiger partial charge in [0.15, 0.2) is 5.82 Å². The Kier molecular flexibility index (Phi) is 4.10. The Balaban J connectivity index is 1.74. The summed E-state index contributed by atoms with van der Waals surface area (Å²) in [5.74, 6) is 0.791. The summed E-state index contributed by atoms with van der Waals surface area (Å²) in [6.45, 7) is 1.62. The van der Waals surface area contributed by atoms with Crippen molar-refractivity contribution < 1.29 is 4.39 Å². The molecule has 0 bridgehead atoms. The number of nitrogens with two attached hydrogens (primary N) is 1. The topological polar surface area (TPSA) is 80.0 Å². The number of anilines is 3. The molecule has 128 valence electrons. The molecule has 3 aromatic rings. The molecule has 3 N–H and O–H groups in total. The summed E-state index contributed by atoms with van der Waals surface area (Å²) in [5.41, 5.74) is 6.91. The van der Waals surface area contributed by atoms with Gasteiger partial charge in [0.05, 0.1) is 22.4 Å². The standard InChI is InChI=1S/C17H16ClFN6/c18-12-2-1-3-13(16(12)19)24-17-11-6-15(25-5-4-10(20)8-25)21-7-14(11)22-9-23-17/h1-3,6-7,9-10H,4-5,8,20H2,(H,22,23,24). The van der Waals surface area contributed by atoms with Gasteiger partial charge < -0.3 is 16.0 Å². The molecule has 0 saturated carbocycles. The molecule has 1 fully saturated rings. The number of hydrogen-bond donors (Lipinski definition) is 2. The predicted octanol–water partition coefficient (Wildman–Crippen LogP) is 3.10. The van der Waals surface area contributed by atoms with Crippen molar-refractivity contribution in [2.75, 3.05) is 23.3 Å². The van der Waals surface area contributed by atoms with Gasteiger partial charge >= 0.3 is 0 Å². The molecule has 8 heteroatoms. The van der Waals surface area contributed by atoms with Crippen LogP contribution >= 0.6 is 11.6 Å². The molecule has 6 nitrogen and oxygen atoms in total. The van der Waals surface area contributed by atoms with Crippen LogP contribution in [0.3, 0.4) is 0 Å². The lowest BCUT2D eigenvalue weighted by molar-refractivity contribution is 0.632. The van der Waals surface area contributed by atoms with E-state index in [-0.39, 0.29) is 16.8 Å². The lowest BCUT2D eigenvalue weighted by atomic mass is 10.2. The Labute approximate surface area is 148 Å². The number of benzene rings is 1. The summed E-state index contributed by atoms with van der Waals surface area (Å²) in [6, 6.07) is 6.84. The Hall–Kier alpha value is -2.51. The van der Waals surface area contributed by atoms with Crippen LogP contribution in [-0.4, -0.2) is 34.1 Å². The summed E-state index contributed by atoms with van der Waals surface area (Å²) in [5, 5.41) is 3.81. The number of nitrogens with zero attached hydrogens (tertiary/aromatic N) is 4. The number of fused-ring (bicyclic) bond motifs is 1. The molecule has 1 aliphatic rings. The van der Waals surface area contributed by atoms with Gasteiger partial charge in [-0.2, -0.15) is 0 Å². The quantitative estimate of drug-likeness (QED) is 0.749. The Bertz CT molecular complexity index is 934. The molecule has 0 spiro atoms. The van der Waals surface area contributed by atoms with Crippen LogP contribution in [0.15, 0.2) is 36.8 Å². The van der Waals surface area contributed by atoms with Crippen molar-refractivity contribution >= 4 is 39.8 Å². The van der Waals surface area contributed by atoms with Gasteiger partial charge in [0, 0.05) is 24.5 Å². The summed E-state index contributed by atoms with van der Waals surface area (Å²) in [7, 11) is 0. The minimum atomic E-state index is -0.518. The van der Waals surface area contributed by atoms with E-state index in [0.717, 1.165) is 30.7 Å². The van der Waals surface area contributed by atoms with Gasteiger partial charge in [-0.05, 0) is 24.6 Å². The van der Waals surface area contributed by atoms with Crippen molar-refractivity contribution in [3.8, 4) is 0 Å². The monoisotopic (exact) mass is 358 g/mol. The third-order valence-electron chi connectivity index (χ3n) is 4.26. The van der Waals surface area contributed by atoms with E-state index in [9.17, 15) is 4.39 Å². The number of rotatable bonds is 3. The van der Waals surface area contributed by atoms with E-state index in [1.165, 1.54) is 12.4 Å². The molecule has 2 aromatic heterocycles. The van der Waals surface area contributed by atoms with Crippen LogP contribution in [0.1, 0.15) is 6.42 Å². The van der Waals surface area contributed by atoms with Crippen LogP contribution in [0, 0.1) is 5.82 Å². The first kappa shape index (κ1) is 16.0. The maximum atomic E-state index is 14.2. The summed E-state index contributed by atoms with van der Waals surface area (Å²) in [4.78, 5) is 15.1. The van der Waals surface area contributed by atoms with Crippen LogP contribution in [0.4, 0.5) is 21.7 Å². The summed E-state index contributed by atoms with van der Waals surface area (Å²) < 4.78 is 14.2. The third kappa shape index (κ3) is 3.08. The summed E-state index contributed by atoms with van der Waals surface area (Å²) in [6.07, 6.45) is 4.04. The molecular formula is C17H16ClFN6. The molecule has 1 aromatic carbocycles. The maximum absolute atomic E-state index is 14.2. The van der Waals surface area contributed by atoms with E-state index in [0.29, 0.717) is 11.3 Å². The molecule has 0 radical (unpaired) electrons. The van der Waals surface area contributed by atoms with Crippen molar-refractivity contribution in [3.05, 3.63) is 47.6 Å². The van der Waals surface area contributed by atoms with E-state index in [1.807, 2.05) is 6.07 Å². The molecule has 1 aliphatic heterocycles. The minimum absolute atomic E-state index is 0.0526. The van der Waals surface area contributed by atoms with E-state index in [4.69, 9.17) is 17.3 Å². The van der Waals surface area contributed by atoms with Gasteiger partial charge in [-0.15, -0.1) is 0 Å². The molecular weight excluding hydrogens is 343 g/mol. The van der Waals surface area contributed by atoms with Crippen molar-refractivity contribution in [2.24, 2.45) is 5.73 Å². The zero-order valence-electron chi connectivity index (χ0n) is 13.3. The van der Waals surface area contributed by atoms with E-state index in [1.54, 1.807) is 18.3 Å². The number of aromatic nitrogens is 3. The highest BCUT2D eigenvalue weighted by atomic mass is 35.5. The highest BCUT2D eigenvalue weighted by Gasteiger charge is 2.21. The van der Waals surface area contributed by atoms with Gasteiger partial charge in [-0.1, -0.05) is 17.7 Å². The molecule has 1 unspecified atom stereocenters. The average molecular weight is 359 g/mol. The first-order valence-electron chi connectivity index (χ1n) is 7.94. The van der Waals surface area contributed by atoms with Crippen molar-refractivity contribution in [1.29, 1.82) is 0 Å². The third-order valence-corrected chi connectivity index (χ3v) is 4.55. The number of hydrogen-bond acceptors (Lipinski definition) is 6. The van der Waals surface area contributed by atoms with Crippen molar-refractivity contribution in [3.63, 3.8) is 0 Å². The molecule has 0 amide bonds. The van der Waals surface area contributed by atoms with E-state index < -0.39 is 5.82 Å². The molecule has 3 heterocycles. The molecule has 0 aliphatic carbocycles. The van der Waals surface area contributed by atoms with Crippen LogP contribution in [0.5, 0.6) is 0 Å². The van der Waals surface area contributed by atoms with Crippen molar-refractivity contribution in [1.82, 2.24) is 15.0 Å². The van der Waals surface area contributed by atoms with Gasteiger partial charge in [0.1, 0.15) is 18.0 Å². The first-order chi connectivity index (χ1) is 12.1. The first-order valence-corrected chi connectivity index (χ1v) is 8.32. The van der Waals surface area contributed by atoms with E-state index >= 15 is 0 Å². The molecule has 1 saturated heterocycles. The Morgan fingerprint density at radius 1 is 1.28 bits per heavy atom. The van der Waals surface area contributed by atoms with Crippen LogP contribution in [0.2, 0.25) is 5.02 Å². The predicted molar refractivity (Wildman–Crippen MR) is 96.8 cm³/mol. The van der Waals surface area contributed by atoms with Gasteiger partial charge in [0.25, 0.3) is 0 Å². The number of pyridine rings is 1. The SMILES string of the molecule is NC1CCN(c2cc3c(Nc4cccc(Cl)c4F)ncnc3cn2)C1. The van der Waals surface area contributed by atoms with Crippen LogP contribution < -0.4 is 16.0 Å². The summed E-state index contributed by atoms with van der Waals surface area (Å²) >= 11 is 5.85. The second-order valence-electron chi connectivity index (χ2n) is 6.00.